The van der Waals surface area contributed by atoms with E-state index in [4.69, 9.17) is 0 Å². The van der Waals surface area contributed by atoms with E-state index >= 15 is 0 Å². The highest BCUT2D eigenvalue weighted by molar-refractivity contribution is 5.96. The van der Waals surface area contributed by atoms with E-state index in [1.54, 1.807) is 18.2 Å². The Morgan fingerprint density at radius 2 is 1.81 bits per heavy atom. The van der Waals surface area contributed by atoms with Crippen molar-refractivity contribution in [2.75, 3.05) is 31.1 Å². The van der Waals surface area contributed by atoms with Gasteiger partial charge in [-0.2, -0.15) is 13.2 Å². The number of alkyl halides is 3. The number of hydrogen-bond donors (Lipinski definition) is 1. The van der Waals surface area contributed by atoms with Gasteiger partial charge >= 0.3 is 6.18 Å². The topological polar surface area (TPSA) is 78.7 Å². The van der Waals surface area contributed by atoms with Crippen LogP contribution >= 0.6 is 0 Å². The third-order valence-electron chi connectivity index (χ3n) is 5.72. The standard InChI is InChI=1S/C22H23F3N4O3/c23-22(24,25)17-3-1-2-15(12-17)14-27-8-10-28(11-9-27)19-7-4-16(13-20(19)29(31)32)21(30)26-18-5-6-18/h1-4,7,12-13,18H,5-6,8-11,14H2,(H,26,30). The maximum Gasteiger partial charge on any atom is 0.416 e. The van der Waals surface area contributed by atoms with Gasteiger partial charge in [0.2, 0.25) is 0 Å². The van der Waals surface area contributed by atoms with E-state index in [0.29, 0.717) is 44.0 Å². The summed E-state index contributed by atoms with van der Waals surface area (Å²) in [5.74, 6) is -0.312. The number of carbonyl (C=O) groups is 1. The first kappa shape index (κ1) is 22.1. The van der Waals surface area contributed by atoms with E-state index in [1.807, 2.05) is 9.80 Å². The zero-order valence-electron chi connectivity index (χ0n) is 17.3. The Bertz CT molecular complexity index is 1020. The van der Waals surface area contributed by atoms with E-state index in [0.717, 1.165) is 25.0 Å². The average molecular weight is 448 g/mol. The lowest BCUT2D eigenvalue weighted by Gasteiger charge is -2.36. The minimum Gasteiger partial charge on any atom is -0.363 e. The molecule has 0 bridgehead atoms. The first-order valence-corrected chi connectivity index (χ1v) is 10.4. The fourth-order valence-electron chi connectivity index (χ4n) is 3.83. The van der Waals surface area contributed by atoms with E-state index in [-0.39, 0.29) is 23.2 Å². The van der Waals surface area contributed by atoms with Crippen molar-refractivity contribution >= 4 is 17.3 Å². The number of halogens is 3. The summed E-state index contributed by atoms with van der Waals surface area (Å²) >= 11 is 0. The molecule has 170 valence electrons. The van der Waals surface area contributed by atoms with Crippen LogP contribution in [0, 0.1) is 10.1 Å². The molecule has 2 fully saturated rings. The van der Waals surface area contributed by atoms with Crippen LogP contribution < -0.4 is 10.2 Å². The molecule has 2 aliphatic rings. The Labute approximate surface area is 183 Å². The van der Waals surface area contributed by atoms with E-state index < -0.39 is 16.7 Å². The highest BCUT2D eigenvalue weighted by atomic mass is 19.4. The lowest BCUT2D eigenvalue weighted by atomic mass is 10.1. The van der Waals surface area contributed by atoms with Gasteiger partial charge in [0.05, 0.1) is 10.5 Å². The third kappa shape index (κ3) is 5.18. The summed E-state index contributed by atoms with van der Waals surface area (Å²) in [5, 5.41) is 14.5. The van der Waals surface area contributed by atoms with Crippen LogP contribution in [0.2, 0.25) is 0 Å². The number of nitro benzene ring substituents is 1. The van der Waals surface area contributed by atoms with Crippen LogP contribution in [-0.4, -0.2) is 48.0 Å². The van der Waals surface area contributed by atoms with Crippen molar-refractivity contribution < 1.29 is 22.9 Å². The lowest BCUT2D eigenvalue weighted by molar-refractivity contribution is -0.384. The molecular formula is C22H23F3N4O3. The minimum absolute atomic E-state index is 0.125. The quantitative estimate of drug-likeness (QED) is 0.537. The third-order valence-corrected chi connectivity index (χ3v) is 5.72. The summed E-state index contributed by atoms with van der Waals surface area (Å²) in [6, 6.07) is 9.93. The minimum atomic E-state index is -4.38. The van der Waals surface area contributed by atoms with Crippen molar-refractivity contribution in [1.29, 1.82) is 0 Å². The summed E-state index contributed by atoms with van der Waals surface area (Å²) in [6.45, 7) is 2.47. The maximum absolute atomic E-state index is 12.9. The molecule has 1 amide bonds. The number of nitro groups is 1. The first-order valence-electron chi connectivity index (χ1n) is 10.4. The molecule has 2 aromatic carbocycles. The van der Waals surface area contributed by atoms with Crippen molar-refractivity contribution in [1.82, 2.24) is 10.2 Å². The number of piperazine rings is 1. The number of carbonyl (C=O) groups excluding carboxylic acids is 1. The summed E-state index contributed by atoms with van der Waals surface area (Å²) in [6.07, 6.45) is -2.53. The van der Waals surface area contributed by atoms with Gasteiger partial charge in [-0.3, -0.25) is 19.8 Å². The number of hydrogen-bond acceptors (Lipinski definition) is 5. The summed E-state index contributed by atoms with van der Waals surface area (Å²) < 4.78 is 38.8. The number of rotatable bonds is 6. The molecule has 1 saturated heterocycles. The lowest BCUT2D eigenvalue weighted by Crippen LogP contribution is -2.46. The van der Waals surface area contributed by atoms with Crippen LogP contribution in [0.1, 0.15) is 34.3 Å². The van der Waals surface area contributed by atoms with Gasteiger partial charge in [-0.1, -0.05) is 18.2 Å². The number of amides is 1. The summed E-state index contributed by atoms with van der Waals surface area (Å²) in [5.41, 5.74) is 0.479. The van der Waals surface area contributed by atoms with Crippen LogP contribution in [0.5, 0.6) is 0 Å². The normalized spacial score (nSPS) is 17.3. The van der Waals surface area contributed by atoms with Crippen LogP contribution in [-0.2, 0) is 12.7 Å². The Kier molecular flexibility index (Phi) is 6.05. The van der Waals surface area contributed by atoms with Gasteiger partial charge in [0.15, 0.2) is 0 Å². The predicted molar refractivity (Wildman–Crippen MR) is 113 cm³/mol. The zero-order valence-corrected chi connectivity index (χ0v) is 17.3. The Hall–Kier alpha value is -3.14. The molecule has 0 aromatic heterocycles. The number of nitrogens with zero attached hydrogens (tertiary/aromatic N) is 3. The monoisotopic (exact) mass is 448 g/mol. The Morgan fingerprint density at radius 3 is 2.44 bits per heavy atom. The molecule has 0 unspecified atom stereocenters. The summed E-state index contributed by atoms with van der Waals surface area (Å²) in [4.78, 5) is 27.3. The van der Waals surface area contributed by atoms with Crippen LogP contribution in [0.25, 0.3) is 0 Å². The molecule has 1 N–H and O–H groups in total. The molecule has 10 heteroatoms. The number of nitrogens with one attached hydrogen (secondary N) is 1. The van der Waals surface area contributed by atoms with Gasteiger partial charge in [-0.25, -0.2) is 0 Å². The zero-order chi connectivity index (χ0) is 22.9. The molecule has 32 heavy (non-hydrogen) atoms. The number of anilines is 1. The number of benzene rings is 2. The van der Waals surface area contributed by atoms with Gasteiger partial charge in [-0.15, -0.1) is 0 Å². The Balaban J connectivity index is 1.41. The van der Waals surface area contributed by atoms with Gasteiger partial charge in [-0.05, 0) is 36.6 Å². The van der Waals surface area contributed by atoms with Crippen molar-refractivity contribution in [3.63, 3.8) is 0 Å². The second-order valence-electron chi connectivity index (χ2n) is 8.17. The van der Waals surface area contributed by atoms with Crippen LogP contribution in [0.4, 0.5) is 24.5 Å². The molecule has 0 radical (unpaired) electrons. The van der Waals surface area contributed by atoms with Gasteiger partial charge in [0, 0.05) is 50.4 Å². The molecular weight excluding hydrogens is 425 g/mol. The second-order valence-corrected chi connectivity index (χ2v) is 8.17. The van der Waals surface area contributed by atoms with Gasteiger partial charge < -0.3 is 10.2 Å². The first-order chi connectivity index (χ1) is 15.2. The van der Waals surface area contributed by atoms with Gasteiger partial charge in [0.1, 0.15) is 5.69 Å². The molecule has 0 spiro atoms. The highest BCUT2D eigenvalue weighted by Gasteiger charge is 2.31. The highest BCUT2D eigenvalue weighted by Crippen LogP contribution is 2.32. The van der Waals surface area contributed by atoms with Gasteiger partial charge in [0.25, 0.3) is 11.6 Å². The molecule has 2 aromatic rings. The second kappa shape index (κ2) is 8.78. The van der Waals surface area contributed by atoms with E-state index in [2.05, 4.69) is 5.32 Å². The molecule has 7 nitrogen and oxygen atoms in total. The largest absolute Gasteiger partial charge is 0.416 e. The smallest absolute Gasteiger partial charge is 0.363 e. The predicted octanol–water partition coefficient (Wildman–Crippen LogP) is 3.83. The van der Waals surface area contributed by atoms with E-state index in [9.17, 15) is 28.1 Å². The molecule has 1 aliphatic carbocycles. The molecule has 1 heterocycles. The van der Waals surface area contributed by atoms with Crippen molar-refractivity contribution in [2.45, 2.75) is 31.6 Å². The molecule has 0 atom stereocenters. The Morgan fingerprint density at radius 1 is 1.09 bits per heavy atom. The van der Waals surface area contributed by atoms with E-state index in [1.165, 1.54) is 12.1 Å². The van der Waals surface area contributed by atoms with Crippen molar-refractivity contribution in [3.8, 4) is 0 Å². The fourth-order valence-corrected chi connectivity index (χ4v) is 3.83. The van der Waals surface area contributed by atoms with Crippen molar-refractivity contribution in [3.05, 3.63) is 69.3 Å². The summed E-state index contributed by atoms with van der Waals surface area (Å²) in [7, 11) is 0. The molecule has 1 saturated carbocycles. The fraction of sp³-hybridized carbons (Fsp3) is 0.409. The molecule has 1 aliphatic heterocycles. The average Bonchev–Trinajstić information content (AvgIpc) is 3.57. The van der Waals surface area contributed by atoms with Crippen LogP contribution in [0.15, 0.2) is 42.5 Å². The van der Waals surface area contributed by atoms with Crippen molar-refractivity contribution in [2.24, 2.45) is 0 Å². The SMILES string of the molecule is O=C(NC1CC1)c1ccc(N2CCN(Cc3cccc(C(F)(F)F)c3)CC2)c([N+](=O)[O-])c1. The van der Waals surface area contributed by atoms with Crippen LogP contribution in [0.3, 0.4) is 0 Å². The maximum atomic E-state index is 12.9. The molecule has 4 rings (SSSR count).